The Hall–Kier alpha value is -0.380. The van der Waals surface area contributed by atoms with Crippen molar-refractivity contribution in [3.63, 3.8) is 0 Å². The highest BCUT2D eigenvalue weighted by atomic mass is 32.1. The first-order valence-corrected chi connectivity index (χ1v) is 8.26. The molecule has 0 radical (unpaired) electrons. The minimum absolute atomic E-state index is 0.426. The molecule has 1 heterocycles. The van der Waals surface area contributed by atoms with Gasteiger partial charge in [0.1, 0.15) is 0 Å². The van der Waals surface area contributed by atoms with Crippen molar-refractivity contribution < 1.29 is 0 Å². The lowest BCUT2D eigenvalue weighted by atomic mass is 9.95. The first kappa shape index (κ1) is 12.6. The molecule has 3 heteroatoms. The number of hydrogen-bond acceptors (Lipinski definition) is 3. The molecular formula is C15H24N2S. The molecule has 1 aromatic rings. The molecular weight excluding hydrogens is 240 g/mol. The number of nitrogens with two attached hydrogens (primary N) is 1. The molecule has 0 bridgehead atoms. The van der Waals surface area contributed by atoms with E-state index in [-0.39, 0.29) is 0 Å². The summed E-state index contributed by atoms with van der Waals surface area (Å²) >= 11 is 1.91. The highest BCUT2D eigenvalue weighted by Crippen LogP contribution is 2.38. The molecule has 0 aliphatic heterocycles. The predicted molar refractivity (Wildman–Crippen MR) is 77.8 cm³/mol. The molecule has 2 aliphatic carbocycles. The average Bonchev–Trinajstić information content (AvgIpc) is 3.09. The molecule has 3 atom stereocenters. The topological polar surface area (TPSA) is 38.0 Å². The molecule has 2 saturated carbocycles. The van der Waals surface area contributed by atoms with E-state index in [4.69, 9.17) is 5.73 Å². The number of nitrogens with one attached hydrogen (secondary N) is 1. The quantitative estimate of drug-likeness (QED) is 0.874. The molecule has 0 aromatic carbocycles. The van der Waals surface area contributed by atoms with Crippen LogP contribution in [0.25, 0.3) is 0 Å². The van der Waals surface area contributed by atoms with Crippen molar-refractivity contribution in [1.82, 2.24) is 5.32 Å². The Balaban J connectivity index is 1.69. The summed E-state index contributed by atoms with van der Waals surface area (Å²) in [6, 6.07) is 6.14. The third kappa shape index (κ3) is 2.79. The maximum Gasteiger partial charge on any atom is 0.0445 e. The summed E-state index contributed by atoms with van der Waals surface area (Å²) in [5.41, 5.74) is 6.04. The van der Waals surface area contributed by atoms with E-state index in [1.54, 1.807) is 0 Å². The average molecular weight is 264 g/mol. The summed E-state index contributed by atoms with van der Waals surface area (Å²) in [5, 5.41) is 6.13. The second kappa shape index (κ2) is 5.72. The molecule has 1 aromatic heterocycles. The van der Waals surface area contributed by atoms with Gasteiger partial charge in [-0.25, -0.2) is 0 Å². The Morgan fingerprint density at radius 2 is 2.06 bits per heavy atom. The Labute approximate surface area is 114 Å². The van der Waals surface area contributed by atoms with Crippen LogP contribution in [0.4, 0.5) is 0 Å². The number of thiophene rings is 1. The smallest absolute Gasteiger partial charge is 0.0445 e. The predicted octanol–water partition coefficient (Wildman–Crippen LogP) is 3.45. The second-order valence-corrected chi connectivity index (χ2v) is 6.95. The standard InChI is InChI=1S/C15H24N2S/c16-12-7-8-13(10-12)17-15(11-4-1-2-5-11)14-6-3-9-18-14/h3,6,9,11-13,15,17H,1-2,4-5,7-8,10,16H2. The third-order valence-corrected chi connectivity index (χ3v) is 5.56. The van der Waals surface area contributed by atoms with E-state index in [1.807, 2.05) is 11.3 Å². The van der Waals surface area contributed by atoms with Gasteiger partial charge in [-0.2, -0.15) is 0 Å². The first-order chi connectivity index (χ1) is 8.83. The van der Waals surface area contributed by atoms with Crippen LogP contribution in [0, 0.1) is 5.92 Å². The van der Waals surface area contributed by atoms with Gasteiger partial charge >= 0.3 is 0 Å². The van der Waals surface area contributed by atoms with Gasteiger partial charge in [0, 0.05) is 23.0 Å². The molecule has 2 nitrogen and oxygen atoms in total. The second-order valence-electron chi connectivity index (χ2n) is 5.97. The molecule has 3 rings (SSSR count). The van der Waals surface area contributed by atoms with Gasteiger partial charge in [-0.15, -0.1) is 11.3 Å². The van der Waals surface area contributed by atoms with Gasteiger partial charge in [0.2, 0.25) is 0 Å². The van der Waals surface area contributed by atoms with E-state index < -0.39 is 0 Å². The van der Waals surface area contributed by atoms with E-state index in [2.05, 4.69) is 22.8 Å². The number of rotatable bonds is 4. The van der Waals surface area contributed by atoms with Crippen LogP contribution in [0.5, 0.6) is 0 Å². The lowest BCUT2D eigenvalue weighted by molar-refractivity contribution is 0.331. The fourth-order valence-corrected chi connectivity index (χ4v) is 4.51. The van der Waals surface area contributed by atoms with Gasteiger partial charge in [-0.05, 0) is 49.5 Å². The zero-order valence-corrected chi connectivity index (χ0v) is 11.8. The summed E-state index contributed by atoms with van der Waals surface area (Å²) in [5.74, 6) is 0.848. The molecule has 100 valence electrons. The van der Waals surface area contributed by atoms with Crippen molar-refractivity contribution in [1.29, 1.82) is 0 Å². The molecule has 0 amide bonds. The zero-order chi connectivity index (χ0) is 12.4. The maximum atomic E-state index is 6.04. The highest BCUT2D eigenvalue weighted by Gasteiger charge is 2.31. The van der Waals surface area contributed by atoms with Crippen molar-refractivity contribution in [2.45, 2.75) is 63.1 Å². The van der Waals surface area contributed by atoms with Gasteiger partial charge < -0.3 is 11.1 Å². The fraction of sp³-hybridized carbons (Fsp3) is 0.733. The molecule has 2 aliphatic rings. The van der Waals surface area contributed by atoms with Gasteiger partial charge in [0.05, 0.1) is 0 Å². The van der Waals surface area contributed by atoms with E-state index in [9.17, 15) is 0 Å². The SMILES string of the molecule is NC1CCC(NC(c2cccs2)C2CCCC2)C1. The van der Waals surface area contributed by atoms with Gasteiger partial charge in [-0.3, -0.25) is 0 Å². The highest BCUT2D eigenvalue weighted by molar-refractivity contribution is 7.10. The van der Waals surface area contributed by atoms with Crippen molar-refractivity contribution in [3.05, 3.63) is 22.4 Å². The summed E-state index contributed by atoms with van der Waals surface area (Å²) in [6.07, 6.45) is 9.24. The molecule has 2 fully saturated rings. The molecule has 3 unspecified atom stereocenters. The van der Waals surface area contributed by atoms with Crippen LogP contribution < -0.4 is 11.1 Å². The minimum atomic E-state index is 0.426. The van der Waals surface area contributed by atoms with Crippen molar-refractivity contribution in [2.24, 2.45) is 11.7 Å². The largest absolute Gasteiger partial charge is 0.328 e. The summed E-state index contributed by atoms with van der Waals surface area (Å²) < 4.78 is 0. The van der Waals surface area contributed by atoms with E-state index in [0.717, 1.165) is 12.3 Å². The van der Waals surface area contributed by atoms with Gasteiger partial charge in [0.15, 0.2) is 0 Å². The molecule has 3 N–H and O–H groups in total. The maximum absolute atomic E-state index is 6.04. The van der Waals surface area contributed by atoms with Crippen LogP contribution in [0.15, 0.2) is 17.5 Å². The van der Waals surface area contributed by atoms with Gasteiger partial charge in [-0.1, -0.05) is 18.9 Å². The Kier molecular flexibility index (Phi) is 4.02. The van der Waals surface area contributed by atoms with E-state index >= 15 is 0 Å². The Morgan fingerprint density at radius 3 is 2.67 bits per heavy atom. The van der Waals surface area contributed by atoms with Crippen LogP contribution in [0.1, 0.15) is 55.9 Å². The minimum Gasteiger partial charge on any atom is -0.328 e. The van der Waals surface area contributed by atoms with E-state index in [0.29, 0.717) is 18.1 Å². The van der Waals surface area contributed by atoms with Crippen LogP contribution in [0.3, 0.4) is 0 Å². The van der Waals surface area contributed by atoms with Crippen LogP contribution >= 0.6 is 11.3 Å². The summed E-state index contributed by atoms with van der Waals surface area (Å²) in [4.78, 5) is 1.53. The lowest BCUT2D eigenvalue weighted by Gasteiger charge is -2.27. The van der Waals surface area contributed by atoms with Crippen LogP contribution in [0.2, 0.25) is 0 Å². The molecule has 0 spiro atoms. The zero-order valence-electron chi connectivity index (χ0n) is 11.0. The molecule has 0 saturated heterocycles. The third-order valence-electron chi connectivity index (χ3n) is 4.61. The van der Waals surface area contributed by atoms with Crippen LogP contribution in [-0.2, 0) is 0 Å². The molecule has 18 heavy (non-hydrogen) atoms. The normalized spacial score (nSPS) is 30.9. The van der Waals surface area contributed by atoms with E-state index in [1.165, 1.54) is 43.4 Å². The monoisotopic (exact) mass is 264 g/mol. The van der Waals surface area contributed by atoms with Crippen LogP contribution in [-0.4, -0.2) is 12.1 Å². The first-order valence-electron chi connectivity index (χ1n) is 7.38. The van der Waals surface area contributed by atoms with Gasteiger partial charge in [0.25, 0.3) is 0 Å². The number of hydrogen-bond donors (Lipinski definition) is 2. The Bertz CT molecular complexity index is 357. The summed E-state index contributed by atoms with van der Waals surface area (Å²) in [7, 11) is 0. The van der Waals surface area contributed by atoms with Crippen molar-refractivity contribution >= 4 is 11.3 Å². The lowest BCUT2D eigenvalue weighted by Crippen LogP contribution is -2.35. The van der Waals surface area contributed by atoms with Crippen molar-refractivity contribution in [3.8, 4) is 0 Å². The fourth-order valence-electron chi connectivity index (χ4n) is 3.63. The van der Waals surface area contributed by atoms with Crippen molar-refractivity contribution in [2.75, 3.05) is 0 Å². The Morgan fingerprint density at radius 1 is 1.22 bits per heavy atom. The summed E-state index contributed by atoms with van der Waals surface area (Å²) in [6.45, 7) is 0.